The van der Waals surface area contributed by atoms with Crippen molar-refractivity contribution in [2.75, 3.05) is 40.5 Å². The van der Waals surface area contributed by atoms with Crippen LogP contribution in [0, 0.1) is 0 Å². The van der Waals surface area contributed by atoms with Gasteiger partial charge in [0.2, 0.25) is 5.89 Å². The molecule has 2 rings (SSSR count). The van der Waals surface area contributed by atoms with Crippen LogP contribution in [-0.2, 0) is 22.4 Å². The van der Waals surface area contributed by atoms with Gasteiger partial charge in [0.05, 0.1) is 19.8 Å². The first-order valence-electron chi connectivity index (χ1n) is 10.7. The minimum absolute atomic E-state index is 0.138. The summed E-state index contributed by atoms with van der Waals surface area (Å²) in [6.07, 6.45) is 5.84. The molecule has 0 spiro atoms. The van der Waals surface area contributed by atoms with Crippen LogP contribution in [0.5, 0.6) is 0 Å². The van der Waals surface area contributed by atoms with Crippen molar-refractivity contribution in [2.45, 2.75) is 39.2 Å². The van der Waals surface area contributed by atoms with Crippen LogP contribution in [0.1, 0.15) is 58.5 Å². The van der Waals surface area contributed by atoms with Gasteiger partial charge in [0.25, 0.3) is 11.8 Å². The van der Waals surface area contributed by atoms with Crippen molar-refractivity contribution < 1.29 is 23.5 Å². The molecule has 1 heterocycles. The van der Waals surface area contributed by atoms with Crippen LogP contribution in [-0.4, -0.2) is 62.2 Å². The number of aryl methyl sites for hydroxylation is 1. The van der Waals surface area contributed by atoms with Gasteiger partial charge in [-0.2, -0.15) is 0 Å². The summed E-state index contributed by atoms with van der Waals surface area (Å²) in [6.45, 7) is 3.88. The summed E-state index contributed by atoms with van der Waals surface area (Å²) < 4.78 is 15.5. The zero-order valence-corrected chi connectivity index (χ0v) is 18.7. The number of nitrogens with one attached hydrogen (secondary N) is 1. The lowest BCUT2D eigenvalue weighted by Crippen LogP contribution is -2.33. The molecule has 31 heavy (non-hydrogen) atoms. The number of methoxy groups -OCH3 is 2. The molecule has 0 saturated carbocycles. The number of amides is 2. The number of benzene rings is 1. The van der Waals surface area contributed by atoms with Crippen LogP contribution in [0.4, 0.5) is 0 Å². The van der Waals surface area contributed by atoms with Crippen molar-refractivity contribution in [1.29, 1.82) is 0 Å². The van der Waals surface area contributed by atoms with Crippen molar-refractivity contribution in [3.63, 3.8) is 0 Å². The van der Waals surface area contributed by atoms with E-state index in [9.17, 15) is 9.59 Å². The highest BCUT2D eigenvalue weighted by Gasteiger charge is 2.20. The molecule has 8 heteroatoms. The third kappa shape index (κ3) is 8.15. The molecule has 1 aromatic carbocycles. The van der Waals surface area contributed by atoms with Crippen LogP contribution in [0.3, 0.4) is 0 Å². The highest BCUT2D eigenvalue weighted by molar-refractivity contribution is 5.94. The molecule has 0 aliphatic rings. The zero-order chi connectivity index (χ0) is 22.5. The standard InChI is InChI=1S/C23H33N3O5/c1-4-5-6-7-18-8-10-19(11-9-18)23(28)26(13-15-30-3)16-21-25-20(17-31-21)22(27)24-12-14-29-2/h8-11,17H,4-7,12-16H2,1-3H3,(H,24,27). The average molecular weight is 432 g/mol. The topological polar surface area (TPSA) is 93.9 Å². The van der Waals surface area contributed by atoms with Crippen molar-refractivity contribution in [3.8, 4) is 0 Å². The first-order valence-corrected chi connectivity index (χ1v) is 10.7. The van der Waals surface area contributed by atoms with Crippen molar-refractivity contribution >= 4 is 11.8 Å². The maximum absolute atomic E-state index is 13.0. The van der Waals surface area contributed by atoms with E-state index in [0.29, 0.717) is 31.9 Å². The molecule has 0 unspecified atom stereocenters. The maximum Gasteiger partial charge on any atom is 0.273 e. The van der Waals surface area contributed by atoms with E-state index in [1.807, 2.05) is 24.3 Å². The first kappa shape index (κ1) is 24.6. The van der Waals surface area contributed by atoms with Crippen LogP contribution in [0.25, 0.3) is 0 Å². The van der Waals surface area contributed by atoms with Gasteiger partial charge in [-0.1, -0.05) is 31.9 Å². The molecule has 0 bridgehead atoms. The summed E-state index contributed by atoms with van der Waals surface area (Å²) in [5.74, 6) is -0.195. The summed E-state index contributed by atoms with van der Waals surface area (Å²) in [5.41, 5.74) is 1.99. The Bertz CT molecular complexity index is 804. The third-order valence-electron chi connectivity index (χ3n) is 4.82. The Labute approximate surface area is 183 Å². The number of hydrogen-bond acceptors (Lipinski definition) is 6. The van der Waals surface area contributed by atoms with Crippen LogP contribution >= 0.6 is 0 Å². The minimum Gasteiger partial charge on any atom is -0.446 e. The van der Waals surface area contributed by atoms with Gasteiger partial charge >= 0.3 is 0 Å². The number of hydrogen-bond donors (Lipinski definition) is 1. The molecular formula is C23H33N3O5. The molecular weight excluding hydrogens is 398 g/mol. The lowest BCUT2D eigenvalue weighted by atomic mass is 10.0. The molecule has 8 nitrogen and oxygen atoms in total. The fourth-order valence-electron chi connectivity index (χ4n) is 3.04. The molecule has 2 aromatic rings. The summed E-state index contributed by atoms with van der Waals surface area (Å²) in [7, 11) is 3.15. The SMILES string of the molecule is CCCCCc1ccc(C(=O)N(CCOC)Cc2nc(C(=O)NCCOC)co2)cc1. The van der Waals surface area contributed by atoms with Crippen molar-refractivity contribution in [2.24, 2.45) is 0 Å². The van der Waals surface area contributed by atoms with Gasteiger partial charge in [-0.25, -0.2) is 4.98 Å². The Kier molecular flexibility index (Phi) is 10.7. The third-order valence-corrected chi connectivity index (χ3v) is 4.82. The summed E-state index contributed by atoms with van der Waals surface area (Å²) >= 11 is 0. The molecule has 0 aliphatic heterocycles. The monoisotopic (exact) mass is 431 g/mol. The predicted molar refractivity (Wildman–Crippen MR) is 117 cm³/mol. The smallest absolute Gasteiger partial charge is 0.273 e. The largest absolute Gasteiger partial charge is 0.446 e. The van der Waals surface area contributed by atoms with Gasteiger partial charge < -0.3 is 24.1 Å². The number of nitrogens with zero attached hydrogens (tertiary/aromatic N) is 2. The fourth-order valence-corrected chi connectivity index (χ4v) is 3.04. The fraction of sp³-hybridized carbons (Fsp3) is 0.522. The Morgan fingerprint density at radius 3 is 2.52 bits per heavy atom. The van der Waals surface area contributed by atoms with Crippen molar-refractivity contribution in [3.05, 3.63) is 53.2 Å². The second-order valence-corrected chi connectivity index (χ2v) is 7.25. The van der Waals surface area contributed by atoms with E-state index in [4.69, 9.17) is 13.9 Å². The molecule has 170 valence electrons. The number of carbonyl (C=O) groups excluding carboxylic acids is 2. The number of rotatable bonds is 14. The van der Waals surface area contributed by atoms with Gasteiger partial charge in [-0.15, -0.1) is 0 Å². The molecule has 1 aromatic heterocycles. The molecule has 0 radical (unpaired) electrons. The number of carbonyl (C=O) groups is 2. The lowest BCUT2D eigenvalue weighted by Gasteiger charge is -2.21. The van der Waals surface area contributed by atoms with Gasteiger partial charge in [-0.3, -0.25) is 9.59 Å². The lowest BCUT2D eigenvalue weighted by molar-refractivity contribution is 0.0662. The van der Waals surface area contributed by atoms with E-state index in [1.165, 1.54) is 24.7 Å². The van der Waals surface area contributed by atoms with Crippen molar-refractivity contribution in [1.82, 2.24) is 15.2 Å². The van der Waals surface area contributed by atoms with Gasteiger partial charge in [0, 0.05) is 32.9 Å². The Morgan fingerprint density at radius 2 is 1.84 bits per heavy atom. The number of aromatic nitrogens is 1. The van der Waals surface area contributed by atoms with Gasteiger partial charge in [-0.05, 0) is 30.5 Å². The maximum atomic E-state index is 13.0. The Morgan fingerprint density at radius 1 is 1.10 bits per heavy atom. The quantitative estimate of drug-likeness (QED) is 0.462. The molecule has 0 atom stereocenters. The van der Waals surface area contributed by atoms with E-state index >= 15 is 0 Å². The second-order valence-electron chi connectivity index (χ2n) is 7.25. The van der Waals surface area contributed by atoms with Crippen LogP contribution in [0.2, 0.25) is 0 Å². The molecule has 0 saturated heterocycles. The molecule has 2 amide bonds. The van der Waals surface area contributed by atoms with Crippen LogP contribution < -0.4 is 5.32 Å². The number of oxazole rings is 1. The van der Waals surface area contributed by atoms with Gasteiger partial charge in [0.15, 0.2) is 5.69 Å². The van der Waals surface area contributed by atoms with E-state index in [1.54, 1.807) is 19.1 Å². The minimum atomic E-state index is -0.347. The van der Waals surface area contributed by atoms with E-state index in [2.05, 4.69) is 17.2 Å². The summed E-state index contributed by atoms with van der Waals surface area (Å²) in [4.78, 5) is 31.0. The predicted octanol–water partition coefficient (Wildman–Crippen LogP) is 3.07. The molecule has 0 aliphatic carbocycles. The summed E-state index contributed by atoms with van der Waals surface area (Å²) in [6, 6.07) is 7.72. The first-order chi connectivity index (χ1) is 15.1. The van der Waals surface area contributed by atoms with Gasteiger partial charge in [0.1, 0.15) is 6.26 Å². The highest BCUT2D eigenvalue weighted by Crippen LogP contribution is 2.13. The Hall–Kier alpha value is -2.71. The average Bonchev–Trinajstić information content (AvgIpc) is 3.25. The number of unbranched alkanes of at least 4 members (excludes halogenated alkanes) is 2. The van der Waals surface area contributed by atoms with E-state index < -0.39 is 0 Å². The normalized spacial score (nSPS) is 10.8. The van der Waals surface area contributed by atoms with E-state index in [-0.39, 0.29) is 29.9 Å². The van der Waals surface area contributed by atoms with Crippen LogP contribution in [0.15, 0.2) is 34.9 Å². The second kappa shape index (κ2) is 13.6. The Balaban J connectivity index is 2.02. The molecule has 0 fully saturated rings. The zero-order valence-electron chi connectivity index (χ0n) is 18.7. The van der Waals surface area contributed by atoms with E-state index in [0.717, 1.165) is 12.8 Å². The molecule has 1 N–H and O–H groups in total. The highest BCUT2D eigenvalue weighted by atomic mass is 16.5. The summed E-state index contributed by atoms with van der Waals surface area (Å²) in [5, 5.41) is 2.69. The number of ether oxygens (including phenoxy) is 2.